The summed E-state index contributed by atoms with van der Waals surface area (Å²) in [6.07, 6.45) is 4.05. The van der Waals surface area contributed by atoms with E-state index in [4.69, 9.17) is 4.74 Å². The van der Waals surface area contributed by atoms with Crippen molar-refractivity contribution in [1.82, 2.24) is 4.90 Å². The SMILES string of the molecule is CCC1CCCN(Cc2ccc(OCc3ccccc3)cc2)C1. The summed E-state index contributed by atoms with van der Waals surface area (Å²) in [5.74, 6) is 1.83. The largest absolute Gasteiger partial charge is 0.489 e. The normalized spacial score (nSPS) is 18.7. The van der Waals surface area contributed by atoms with Gasteiger partial charge in [-0.05, 0) is 48.6 Å². The van der Waals surface area contributed by atoms with Crippen LogP contribution in [0.5, 0.6) is 5.75 Å². The number of likely N-dealkylation sites (tertiary alicyclic amines) is 1. The average Bonchev–Trinajstić information content (AvgIpc) is 2.62. The van der Waals surface area contributed by atoms with Crippen molar-refractivity contribution in [1.29, 1.82) is 0 Å². The molecular formula is C21H27NO. The topological polar surface area (TPSA) is 12.5 Å². The molecule has 0 aliphatic carbocycles. The van der Waals surface area contributed by atoms with Crippen LogP contribution in [0, 0.1) is 5.92 Å². The van der Waals surface area contributed by atoms with Crippen LogP contribution in [0.3, 0.4) is 0 Å². The lowest BCUT2D eigenvalue weighted by molar-refractivity contribution is 0.164. The second kappa shape index (κ2) is 8.16. The molecule has 122 valence electrons. The van der Waals surface area contributed by atoms with E-state index in [1.54, 1.807) is 0 Å². The molecule has 1 atom stereocenters. The monoisotopic (exact) mass is 309 g/mol. The minimum atomic E-state index is 0.629. The lowest BCUT2D eigenvalue weighted by atomic mass is 9.95. The van der Waals surface area contributed by atoms with Crippen molar-refractivity contribution in [2.75, 3.05) is 13.1 Å². The number of rotatable bonds is 6. The Morgan fingerprint density at radius 1 is 1.00 bits per heavy atom. The molecule has 1 unspecified atom stereocenters. The van der Waals surface area contributed by atoms with Crippen LogP contribution in [0.4, 0.5) is 0 Å². The number of ether oxygens (including phenoxy) is 1. The molecule has 1 heterocycles. The minimum Gasteiger partial charge on any atom is -0.489 e. The second-order valence-electron chi connectivity index (χ2n) is 6.57. The minimum absolute atomic E-state index is 0.629. The van der Waals surface area contributed by atoms with Crippen molar-refractivity contribution in [3.05, 3.63) is 65.7 Å². The van der Waals surface area contributed by atoms with Gasteiger partial charge in [0.05, 0.1) is 0 Å². The zero-order valence-corrected chi connectivity index (χ0v) is 14.1. The fourth-order valence-electron chi connectivity index (χ4n) is 3.32. The van der Waals surface area contributed by atoms with E-state index in [1.807, 2.05) is 18.2 Å². The summed E-state index contributed by atoms with van der Waals surface area (Å²) in [6, 6.07) is 18.9. The van der Waals surface area contributed by atoms with E-state index in [9.17, 15) is 0 Å². The van der Waals surface area contributed by atoms with Gasteiger partial charge in [0.25, 0.3) is 0 Å². The van der Waals surface area contributed by atoms with E-state index in [0.717, 1.165) is 18.2 Å². The van der Waals surface area contributed by atoms with Crippen molar-refractivity contribution in [3.8, 4) is 5.75 Å². The Labute approximate surface area is 140 Å². The van der Waals surface area contributed by atoms with Crippen molar-refractivity contribution in [2.45, 2.75) is 39.3 Å². The maximum Gasteiger partial charge on any atom is 0.119 e. The number of hydrogen-bond acceptors (Lipinski definition) is 2. The predicted octanol–water partition coefficient (Wildman–Crippen LogP) is 4.89. The molecule has 0 spiro atoms. The molecule has 2 heteroatoms. The van der Waals surface area contributed by atoms with Crippen LogP contribution in [-0.2, 0) is 13.2 Å². The van der Waals surface area contributed by atoms with Gasteiger partial charge in [0.1, 0.15) is 12.4 Å². The molecule has 0 N–H and O–H groups in total. The van der Waals surface area contributed by atoms with E-state index >= 15 is 0 Å². The molecule has 1 fully saturated rings. The first kappa shape index (κ1) is 16.1. The fraction of sp³-hybridized carbons (Fsp3) is 0.429. The lowest BCUT2D eigenvalue weighted by Gasteiger charge is -2.32. The lowest BCUT2D eigenvalue weighted by Crippen LogP contribution is -2.34. The Kier molecular flexibility index (Phi) is 5.71. The standard InChI is InChI=1S/C21H27NO/c1-2-18-9-6-14-22(15-18)16-19-10-12-21(13-11-19)23-17-20-7-4-3-5-8-20/h3-5,7-8,10-13,18H,2,6,9,14-17H2,1H3. The van der Waals surface area contributed by atoms with Gasteiger partial charge in [0.2, 0.25) is 0 Å². The van der Waals surface area contributed by atoms with Crippen LogP contribution >= 0.6 is 0 Å². The van der Waals surface area contributed by atoms with E-state index in [2.05, 4.69) is 48.2 Å². The fourth-order valence-corrected chi connectivity index (χ4v) is 3.32. The van der Waals surface area contributed by atoms with E-state index in [1.165, 1.54) is 43.5 Å². The number of piperidine rings is 1. The first-order valence-corrected chi connectivity index (χ1v) is 8.81. The zero-order chi connectivity index (χ0) is 15.9. The molecule has 2 nitrogen and oxygen atoms in total. The van der Waals surface area contributed by atoms with Gasteiger partial charge in [-0.15, -0.1) is 0 Å². The third-order valence-electron chi connectivity index (χ3n) is 4.76. The highest BCUT2D eigenvalue weighted by atomic mass is 16.5. The highest BCUT2D eigenvalue weighted by molar-refractivity contribution is 5.27. The summed E-state index contributed by atoms with van der Waals surface area (Å²) in [7, 11) is 0. The molecule has 2 aromatic carbocycles. The van der Waals surface area contributed by atoms with Gasteiger partial charge in [-0.3, -0.25) is 4.90 Å². The third kappa shape index (κ3) is 4.84. The van der Waals surface area contributed by atoms with Crippen LogP contribution in [0.15, 0.2) is 54.6 Å². The van der Waals surface area contributed by atoms with E-state index in [0.29, 0.717) is 6.61 Å². The van der Waals surface area contributed by atoms with Crippen LogP contribution in [0.25, 0.3) is 0 Å². The molecule has 23 heavy (non-hydrogen) atoms. The van der Waals surface area contributed by atoms with E-state index in [-0.39, 0.29) is 0 Å². The summed E-state index contributed by atoms with van der Waals surface area (Å²) in [5, 5.41) is 0. The summed E-state index contributed by atoms with van der Waals surface area (Å²) in [5.41, 5.74) is 2.59. The Hall–Kier alpha value is -1.80. The van der Waals surface area contributed by atoms with Gasteiger partial charge in [-0.1, -0.05) is 55.8 Å². The van der Waals surface area contributed by atoms with Crippen molar-refractivity contribution in [3.63, 3.8) is 0 Å². The molecule has 0 amide bonds. The highest BCUT2D eigenvalue weighted by Gasteiger charge is 2.18. The predicted molar refractivity (Wildman–Crippen MR) is 95.5 cm³/mol. The molecule has 1 saturated heterocycles. The van der Waals surface area contributed by atoms with E-state index < -0.39 is 0 Å². The maximum atomic E-state index is 5.86. The Morgan fingerprint density at radius 3 is 2.52 bits per heavy atom. The van der Waals surface area contributed by atoms with Gasteiger partial charge in [0, 0.05) is 13.1 Å². The quantitative estimate of drug-likeness (QED) is 0.753. The van der Waals surface area contributed by atoms with Gasteiger partial charge in [0.15, 0.2) is 0 Å². The van der Waals surface area contributed by atoms with Crippen LogP contribution in [0.2, 0.25) is 0 Å². The van der Waals surface area contributed by atoms with Crippen molar-refractivity contribution in [2.24, 2.45) is 5.92 Å². The summed E-state index contributed by atoms with van der Waals surface area (Å²) >= 11 is 0. The summed E-state index contributed by atoms with van der Waals surface area (Å²) in [6.45, 7) is 6.50. The Morgan fingerprint density at radius 2 is 1.78 bits per heavy atom. The first-order chi connectivity index (χ1) is 11.3. The molecule has 0 bridgehead atoms. The molecule has 1 aliphatic heterocycles. The zero-order valence-electron chi connectivity index (χ0n) is 14.1. The van der Waals surface area contributed by atoms with Gasteiger partial charge >= 0.3 is 0 Å². The van der Waals surface area contributed by atoms with Crippen molar-refractivity contribution >= 4 is 0 Å². The summed E-state index contributed by atoms with van der Waals surface area (Å²) < 4.78 is 5.86. The number of benzene rings is 2. The Balaban J connectivity index is 1.51. The maximum absolute atomic E-state index is 5.86. The molecule has 0 aromatic heterocycles. The summed E-state index contributed by atoms with van der Waals surface area (Å²) in [4.78, 5) is 2.59. The van der Waals surface area contributed by atoms with Gasteiger partial charge < -0.3 is 4.74 Å². The van der Waals surface area contributed by atoms with Crippen LogP contribution in [0.1, 0.15) is 37.3 Å². The molecule has 0 radical (unpaired) electrons. The highest BCUT2D eigenvalue weighted by Crippen LogP contribution is 2.22. The first-order valence-electron chi connectivity index (χ1n) is 8.81. The molecular weight excluding hydrogens is 282 g/mol. The van der Waals surface area contributed by atoms with Crippen molar-refractivity contribution < 1.29 is 4.74 Å². The smallest absolute Gasteiger partial charge is 0.119 e. The molecule has 2 aromatic rings. The second-order valence-corrected chi connectivity index (χ2v) is 6.57. The Bertz CT molecular complexity index is 579. The molecule has 3 rings (SSSR count). The number of nitrogens with zero attached hydrogens (tertiary/aromatic N) is 1. The molecule has 1 aliphatic rings. The van der Waals surface area contributed by atoms with Crippen LogP contribution in [-0.4, -0.2) is 18.0 Å². The average molecular weight is 309 g/mol. The molecule has 0 saturated carbocycles. The third-order valence-corrected chi connectivity index (χ3v) is 4.76. The van der Waals surface area contributed by atoms with Gasteiger partial charge in [-0.25, -0.2) is 0 Å². The van der Waals surface area contributed by atoms with Crippen LogP contribution < -0.4 is 4.74 Å². The number of hydrogen-bond donors (Lipinski definition) is 0. The van der Waals surface area contributed by atoms with Gasteiger partial charge in [-0.2, -0.15) is 0 Å².